The van der Waals surface area contributed by atoms with Crippen LogP contribution in [0.3, 0.4) is 0 Å². The first kappa shape index (κ1) is 18.0. The molecule has 0 saturated carbocycles. The van der Waals surface area contributed by atoms with Gasteiger partial charge >= 0.3 is 6.03 Å². The fourth-order valence-electron chi connectivity index (χ4n) is 3.79. The summed E-state index contributed by atoms with van der Waals surface area (Å²) in [7, 11) is 0. The van der Waals surface area contributed by atoms with Crippen LogP contribution in [0, 0.1) is 0 Å². The molecule has 1 aromatic heterocycles. The van der Waals surface area contributed by atoms with Crippen molar-refractivity contribution in [3.8, 4) is 0 Å². The van der Waals surface area contributed by atoms with Crippen molar-refractivity contribution in [1.29, 1.82) is 0 Å². The molecule has 1 aromatic carbocycles. The van der Waals surface area contributed by atoms with Gasteiger partial charge in [-0.1, -0.05) is 30.3 Å². The third kappa shape index (κ3) is 3.69. The van der Waals surface area contributed by atoms with Crippen LogP contribution >= 0.6 is 11.8 Å². The third-order valence-electron chi connectivity index (χ3n) is 5.27. The van der Waals surface area contributed by atoms with Gasteiger partial charge in [-0.15, -0.1) is 11.8 Å². The molecule has 27 heavy (non-hydrogen) atoms. The number of rotatable bonds is 3. The van der Waals surface area contributed by atoms with E-state index in [1.165, 1.54) is 6.26 Å². The summed E-state index contributed by atoms with van der Waals surface area (Å²) in [5.41, 5.74) is 1.08. The number of amides is 3. The van der Waals surface area contributed by atoms with Gasteiger partial charge in [-0.05, 0) is 30.5 Å². The molecule has 0 aliphatic carbocycles. The van der Waals surface area contributed by atoms with Crippen LogP contribution in [-0.2, 0) is 6.54 Å². The number of carbonyl (C=O) groups excluding carboxylic acids is 2. The lowest BCUT2D eigenvalue weighted by Crippen LogP contribution is -2.55. The summed E-state index contributed by atoms with van der Waals surface area (Å²) < 4.78 is 5.30. The molecular formula is C20H23N3O3S. The van der Waals surface area contributed by atoms with Crippen molar-refractivity contribution in [2.24, 2.45) is 0 Å². The van der Waals surface area contributed by atoms with Crippen molar-refractivity contribution in [3.63, 3.8) is 0 Å². The highest BCUT2D eigenvalue weighted by Crippen LogP contribution is 2.44. The molecule has 1 N–H and O–H groups in total. The maximum absolute atomic E-state index is 12.8. The standard InChI is InChI=1S/C20H23N3O3S/c24-18(17-7-4-13-26-17)23-12-14-27-20(23)8-10-22(11-9-20)19(25)21-15-16-5-2-1-3-6-16/h1-7,13H,8-12,14-15H2,(H,21,25). The van der Waals surface area contributed by atoms with Gasteiger partial charge in [0.15, 0.2) is 5.76 Å². The molecule has 0 unspecified atom stereocenters. The first-order valence-electron chi connectivity index (χ1n) is 9.24. The van der Waals surface area contributed by atoms with E-state index in [0.29, 0.717) is 25.4 Å². The van der Waals surface area contributed by atoms with Gasteiger partial charge in [0.2, 0.25) is 0 Å². The molecule has 2 aliphatic heterocycles. The van der Waals surface area contributed by atoms with Gasteiger partial charge in [0.05, 0.1) is 11.1 Å². The van der Waals surface area contributed by atoms with Crippen LogP contribution < -0.4 is 5.32 Å². The Balaban J connectivity index is 1.35. The third-order valence-corrected chi connectivity index (χ3v) is 6.83. The Morgan fingerprint density at radius 1 is 1.07 bits per heavy atom. The Kier molecular flexibility index (Phi) is 5.11. The van der Waals surface area contributed by atoms with Crippen LogP contribution in [0.4, 0.5) is 4.79 Å². The summed E-state index contributed by atoms with van der Waals surface area (Å²) in [5, 5.41) is 2.99. The fraction of sp³-hybridized carbons (Fsp3) is 0.400. The summed E-state index contributed by atoms with van der Waals surface area (Å²) in [6.07, 6.45) is 3.09. The smallest absolute Gasteiger partial charge is 0.317 e. The fourth-order valence-corrected chi connectivity index (χ4v) is 5.24. The summed E-state index contributed by atoms with van der Waals surface area (Å²) in [4.78, 5) is 28.8. The molecule has 2 fully saturated rings. The van der Waals surface area contributed by atoms with Gasteiger partial charge in [-0.2, -0.15) is 0 Å². The number of thioether (sulfide) groups is 1. The van der Waals surface area contributed by atoms with E-state index in [1.54, 1.807) is 12.1 Å². The number of piperidine rings is 1. The highest BCUT2D eigenvalue weighted by molar-refractivity contribution is 8.00. The topological polar surface area (TPSA) is 65.8 Å². The van der Waals surface area contributed by atoms with Crippen molar-refractivity contribution >= 4 is 23.7 Å². The summed E-state index contributed by atoms with van der Waals surface area (Å²) >= 11 is 1.83. The van der Waals surface area contributed by atoms with Crippen molar-refractivity contribution in [3.05, 3.63) is 60.1 Å². The van der Waals surface area contributed by atoms with Crippen molar-refractivity contribution < 1.29 is 14.0 Å². The largest absolute Gasteiger partial charge is 0.459 e. The van der Waals surface area contributed by atoms with E-state index in [-0.39, 0.29) is 16.8 Å². The summed E-state index contributed by atoms with van der Waals surface area (Å²) in [6.45, 7) is 2.55. The van der Waals surface area contributed by atoms with Crippen LogP contribution in [0.2, 0.25) is 0 Å². The molecule has 1 spiro atoms. The quantitative estimate of drug-likeness (QED) is 0.881. The SMILES string of the molecule is O=C(NCc1ccccc1)N1CCC2(CC1)SCCN2C(=O)c1ccco1. The first-order chi connectivity index (χ1) is 13.2. The van der Waals surface area contributed by atoms with Crippen molar-refractivity contribution in [1.82, 2.24) is 15.1 Å². The van der Waals surface area contributed by atoms with E-state index in [0.717, 1.165) is 30.7 Å². The molecule has 2 aliphatic rings. The number of benzene rings is 1. The molecule has 0 atom stereocenters. The maximum Gasteiger partial charge on any atom is 0.317 e. The number of furan rings is 1. The highest BCUT2D eigenvalue weighted by atomic mass is 32.2. The van der Waals surface area contributed by atoms with Gasteiger partial charge in [-0.3, -0.25) is 4.79 Å². The zero-order valence-corrected chi connectivity index (χ0v) is 15.9. The molecule has 3 heterocycles. The van der Waals surface area contributed by atoms with Crippen molar-refractivity contribution in [2.45, 2.75) is 24.3 Å². The summed E-state index contributed by atoms with van der Waals surface area (Å²) in [5.74, 6) is 1.26. The molecular weight excluding hydrogens is 362 g/mol. The molecule has 4 rings (SSSR count). The van der Waals surface area contributed by atoms with Crippen LogP contribution in [0.25, 0.3) is 0 Å². The predicted molar refractivity (Wildman–Crippen MR) is 104 cm³/mol. The van der Waals surface area contributed by atoms with E-state index >= 15 is 0 Å². The second-order valence-corrected chi connectivity index (χ2v) is 8.32. The average molecular weight is 385 g/mol. The van der Waals surface area contributed by atoms with Gasteiger partial charge < -0.3 is 19.5 Å². The predicted octanol–water partition coefficient (Wildman–Crippen LogP) is 3.17. The second kappa shape index (κ2) is 7.68. The molecule has 0 radical (unpaired) electrons. The second-order valence-electron chi connectivity index (χ2n) is 6.86. The zero-order valence-electron chi connectivity index (χ0n) is 15.1. The Morgan fingerprint density at radius 2 is 1.85 bits per heavy atom. The molecule has 2 aromatic rings. The Labute approximate surface area is 162 Å². The van der Waals surface area contributed by atoms with Gasteiger partial charge in [0, 0.05) is 31.9 Å². The lowest BCUT2D eigenvalue weighted by Gasteiger charge is -2.43. The summed E-state index contributed by atoms with van der Waals surface area (Å²) in [6, 6.07) is 13.3. The number of nitrogens with one attached hydrogen (secondary N) is 1. The number of urea groups is 1. The van der Waals surface area contributed by atoms with Crippen LogP contribution in [0.5, 0.6) is 0 Å². The van der Waals surface area contributed by atoms with E-state index in [4.69, 9.17) is 4.42 Å². The minimum absolute atomic E-state index is 0.0411. The van der Waals surface area contributed by atoms with Gasteiger partial charge in [0.1, 0.15) is 0 Å². The molecule has 142 valence electrons. The molecule has 7 heteroatoms. The Hall–Kier alpha value is -2.41. The number of likely N-dealkylation sites (tertiary alicyclic amines) is 1. The van der Waals surface area contributed by atoms with Crippen LogP contribution in [-0.4, -0.2) is 52.0 Å². The minimum atomic E-state index is -0.222. The number of carbonyl (C=O) groups is 2. The first-order valence-corrected chi connectivity index (χ1v) is 10.2. The molecule has 2 saturated heterocycles. The van der Waals surface area contributed by atoms with E-state index < -0.39 is 0 Å². The normalized spacial score (nSPS) is 18.7. The number of nitrogens with zero attached hydrogens (tertiary/aromatic N) is 2. The number of hydrogen-bond donors (Lipinski definition) is 1. The Morgan fingerprint density at radius 3 is 2.56 bits per heavy atom. The lowest BCUT2D eigenvalue weighted by atomic mass is 10.0. The zero-order chi connectivity index (χ0) is 18.7. The highest BCUT2D eigenvalue weighted by Gasteiger charge is 2.47. The van der Waals surface area contributed by atoms with Crippen LogP contribution in [0.1, 0.15) is 29.0 Å². The lowest BCUT2D eigenvalue weighted by molar-refractivity contribution is 0.0550. The van der Waals surface area contributed by atoms with E-state index in [1.807, 2.05) is 51.9 Å². The van der Waals surface area contributed by atoms with Crippen molar-refractivity contribution in [2.75, 3.05) is 25.4 Å². The minimum Gasteiger partial charge on any atom is -0.459 e. The Bertz CT molecular complexity index is 786. The monoisotopic (exact) mass is 385 g/mol. The maximum atomic E-state index is 12.8. The van der Waals surface area contributed by atoms with Crippen LogP contribution in [0.15, 0.2) is 53.1 Å². The molecule has 3 amide bonds. The average Bonchev–Trinajstić information content (AvgIpc) is 3.38. The van der Waals surface area contributed by atoms with E-state index in [9.17, 15) is 9.59 Å². The van der Waals surface area contributed by atoms with Gasteiger partial charge in [0.25, 0.3) is 5.91 Å². The molecule has 6 nitrogen and oxygen atoms in total. The number of hydrogen-bond acceptors (Lipinski definition) is 4. The molecule has 0 bridgehead atoms. The van der Waals surface area contributed by atoms with E-state index in [2.05, 4.69) is 5.32 Å². The van der Waals surface area contributed by atoms with Gasteiger partial charge in [-0.25, -0.2) is 4.79 Å².